The average Bonchev–Trinajstić information content (AvgIpc) is 2.35. The van der Waals surface area contributed by atoms with E-state index in [-0.39, 0.29) is 17.5 Å². The monoisotopic (exact) mass is 246 g/mol. The maximum absolute atomic E-state index is 12.0. The Kier molecular flexibility index (Phi) is 3.70. The molecule has 0 unspecified atom stereocenters. The second-order valence-electron chi connectivity index (χ2n) is 4.76. The van der Waals surface area contributed by atoms with Gasteiger partial charge in [-0.25, -0.2) is 0 Å². The van der Waals surface area contributed by atoms with Crippen LogP contribution in [0.2, 0.25) is 0 Å². The number of phenols is 1. The van der Waals surface area contributed by atoms with E-state index in [1.807, 2.05) is 19.1 Å². The number of ketones is 1. The average molecular weight is 246 g/mol. The van der Waals surface area contributed by atoms with Crippen LogP contribution in [0.4, 0.5) is 0 Å². The Morgan fingerprint density at radius 2 is 2.22 bits per heavy atom. The van der Waals surface area contributed by atoms with Crippen LogP contribution in [0.1, 0.15) is 31.7 Å². The largest absolute Gasteiger partial charge is 0.504 e. The van der Waals surface area contributed by atoms with Crippen LogP contribution >= 0.6 is 0 Å². The number of allylic oxidation sites excluding steroid dienone is 1. The van der Waals surface area contributed by atoms with Crippen LogP contribution in [-0.2, 0) is 4.79 Å². The molecular weight excluding hydrogens is 228 g/mol. The van der Waals surface area contributed by atoms with Crippen molar-refractivity contribution in [3.05, 3.63) is 29.3 Å². The quantitative estimate of drug-likeness (QED) is 0.815. The molecule has 1 aliphatic carbocycles. The number of ether oxygens (including phenoxy) is 1. The van der Waals surface area contributed by atoms with E-state index in [4.69, 9.17) is 4.74 Å². The Morgan fingerprint density at radius 3 is 2.89 bits per heavy atom. The van der Waals surface area contributed by atoms with Gasteiger partial charge in [0.25, 0.3) is 0 Å². The van der Waals surface area contributed by atoms with E-state index in [2.05, 4.69) is 0 Å². The smallest absolute Gasteiger partial charge is 0.161 e. The van der Waals surface area contributed by atoms with Gasteiger partial charge >= 0.3 is 0 Å². The lowest BCUT2D eigenvalue weighted by atomic mass is 9.84. The van der Waals surface area contributed by atoms with Gasteiger partial charge in [0.2, 0.25) is 0 Å². The van der Waals surface area contributed by atoms with Crippen molar-refractivity contribution in [3.63, 3.8) is 0 Å². The molecule has 1 aromatic rings. The standard InChI is InChI=1S/C15H18O3/c1-10-4-3-5-12(15(10)17)8-11-6-7-14(18-2)13(16)9-11/h6-10,16H,3-5H2,1-2H3/b12-8+/t10-/m1/s1. The van der Waals surface area contributed by atoms with Gasteiger partial charge in [-0.2, -0.15) is 0 Å². The van der Waals surface area contributed by atoms with E-state index in [0.717, 1.165) is 30.4 Å². The molecule has 0 radical (unpaired) electrons. The number of rotatable bonds is 2. The number of benzene rings is 1. The highest BCUT2D eigenvalue weighted by atomic mass is 16.5. The van der Waals surface area contributed by atoms with Crippen molar-refractivity contribution in [2.75, 3.05) is 7.11 Å². The SMILES string of the molecule is COc1ccc(/C=C2\CCC[C@@H](C)C2=O)cc1O. The molecule has 0 saturated heterocycles. The number of carbonyl (C=O) groups excluding carboxylic acids is 1. The molecule has 18 heavy (non-hydrogen) atoms. The fourth-order valence-electron chi connectivity index (χ4n) is 2.31. The molecule has 1 saturated carbocycles. The molecule has 0 heterocycles. The van der Waals surface area contributed by atoms with Crippen molar-refractivity contribution in [3.8, 4) is 11.5 Å². The molecule has 0 aromatic heterocycles. The lowest BCUT2D eigenvalue weighted by Gasteiger charge is -2.19. The zero-order valence-electron chi connectivity index (χ0n) is 10.8. The van der Waals surface area contributed by atoms with E-state index in [1.54, 1.807) is 12.1 Å². The highest BCUT2D eigenvalue weighted by Gasteiger charge is 2.22. The summed E-state index contributed by atoms with van der Waals surface area (Å²) in [5.74, 6) is 0.900. The van der Waals surface area contributed by atoms with E-state index in [9.17, 15) is 9.90 Å². The summed E-state index contributed by atoms with van der Waals surface area (Å²) in [5.41, 5.74) is 1.70. The van der Waals surface area contributed by atoms with Gasteiger partial charge in [-0.3, -0.25) is 4.79 Å². The molecule has 2 rings (SSSR count). The molecule has 1 aromatic carbocycles. The van der Waals surface area contributed by atoms with E-state index in [0.29, 0.717) is 5.75 Å². The van der Waals surface area contributed by atoms with Crippen molar-refractivity contribution in [1.82, 2.24) is 0 Å². The maximum Gasteiger partial charge on any atom is 0.161 e. The Balaban J connectivity index is 2.27. The van der Waals surface area contributed by atoms with Crippen LogP contribution in [0.5, 0.6) is 11.5 Å². The summed E-state index contributed by atoms with van der Waals surface area (Å²) in [6, 6.07) is 5.18. The number of carbonyl (C=O) groups is 1. The number of aromatic hydroxyl groups is 1. The van der Waals surface area contributed by atoms with Crippen LogP contribution in [0.15, 0.2) is 23.8 Å². The van der Waals surface area contributed by atoms with Crippen LogP contribution in [0.25, 0.3) is 6.08 Å². The molecule has 0 amide bonds. The Morgan fingerprint density at radius 1 is 1.44 bits per heavy atom. The fraction of sp³-hybridized carbons (Fsp3) is 0.400. The van der Waals surface area contributed by atoms with Crippen LogP contribution < -0.4 is 4.74 Å². The lowest BCUT2D eigenvalue weighted by molar-refractivity contribution is -0.119. The minimum atomic E-state index is 0.100. The predicted octanol–water partition coefficient (Wildman–Crippen LogP) is 3.17. The highest BCUT2D eigenvalue weighted by molar-refractivity contribution is 6.01. The minimum absolute atomic E-state index is 0.100. The van der Waals surface area contributed by atoms with E-state index in [1.165, 1.54) is 7.11 Å². The Bertz CT molecular complexity index is 489. The van der Waals surface area contributed by atoms with E-state index < -0.39 is 0 Å². The van der Waals surface area contributed by atoms with Crippen molar-refractivity contribution in [1.29, 1.82) is 0 Å². The molecule has 1 aliphatic rings. The molecular formula is C15H18O3. The highest BCUT2D eigenvalue weighted by Crippen LogP contribution is 2.30. The number of hydrogen-bond acceptors (Lipinski definition) is 3. The maximum atomic E-state index is 12.0. The van der Waals surface area contributed by atoms with Gasteiger partial charge in [0.1, 0.15) is 0 Å². The van der Waals surface area contributed by atoms with Crippen molar-refractivity contribution >= 4 is 11.9 Å². The molecule has 0 bridgehead atoms. The first-order chi connectivity index (χ1) is 8.61. The number of Topliss-reactive ketones (excluding diaryl/α,β-unsaturated/α-hetero) is 1. The van der Waals surface area contributed by atoms with Gasteiger partial charge in [-0.15, -0.1) is 0 Å². The third kappa shape index (κ3) is 2.55. The van der Waals surface area contributed by atoms with Crippen molar-refractivity contribution in [2.45, 2.75) is 26.2 Å². The van der Waals surface area contributed by atoms with Crippen LogP contribution in [0, 0.1) is 5.92 Å². The summed E-state index contributed by atoms with van der Waals surface area (Å²) in [4.78, 5) is 12.0. The zero-order chi connectivity index (χ0) is 13.1. The minimum Gasteiger partial charge on any atom is -0.504 e. The normalized spacial score (nSPS) is 22.2. The van der Waals surface area contributed by atoms with E-state index >= 15 is 0 Å². The first kappa shape index (κ1) is 12.7. The molecule has 0 spiro atoms. The van der Waals surface area contributed by atoms with Gasteiger partial charge in [0.15, 0.2) is 17.3 Å². The Hall–Kier alpha value is -1.77. The third-order valence-electron chi connectivity index (χ3n) is 3.39. The third-order valence-corrected chi connectivity index (χ3v) is 3.39. The predicted molar refractivity (Wildman–Crippen MR) is 70.7 cm³/mol. The van der Waals surface area contributed by atoms with Crippen LogP contribution in [-0.4, -0.2) is 18.0 Å². The number of hydrogen-bond donors (Lipinski definition) is 1. The summed E-state index contributed by atoms with van der Waals surface area (Å²) in [5, 5.41) is 9.70. The molecule has 1 N–H and O–H groups in total. The molecule has 1 atom stereocenters. The van der Waals surface area contributed by atoms with Gasteiger partial charge in [-0.1, -0.05) is 13.0 Å². The topological polar surface area (TPSA) is 46.5 Å². The number of phenolic OH excluding ortho intramolecular Hbond substituents is 1. The van der Waals surface area contributed by atoms with Gasteiger partial charge < -0.3 is 9.84 Å². The summed E-state index contributed by atoms with van der Waals surface area (Å²) >= 11 is 0. The summed E-state index contributed by atoms with van der Waals surface area (Å²) < 4.78 is 4.99. The van der Waals surface area contributed by atoms with Crippen molar-refractivity contribution in [2.24, 2.45) is 5.92 Å². The molecule has 96 valence electrons. The second kappa shape index (κ2) is 5.25. The first-order valence-electron chi connectivity index (χ1n) is 6.23. The summed E-state index contributed by atoms with van der Waals surface area (Å²) in [6.45, 7) is 1.97. The summed E-state index contributed by atoms with van der Waals surface area (Å²) in [6.07, 6.45) is 4.73. The van der Waals surface area contributed by atoms with Crippen LogP contribution in [0.3, 0.4) is 0 Å². The molecule has 0 aliphatic heterocycles. The van der Waals surface area contributed by atoms with Gasteiger partial charge in [0.05, 0.1) is 7.11 Å². The molecule has 3 nitrogen and oxygen atoms in total. The summed E-state index contributed by atoms with van der Waals surface area (Å²) in [7, 11) is 1.51. The van der Waals surface area contributed by atoms with Crippen molar-refractivity contribution < 1.29 is 14.6 Å². The molecule has 3 heteroatoms. The fourth-order valence-corrected chi connectivity index (χ4v) is 2.31. The van der Waals surface area contributed by atoms with Gasteiger partial charge in [0, 0.05) is 5.92 Å². The number of methoxy groups -OCH3 is 1. The molecule has 1 fully saturated rings. The second-order valence-corrected chi connectivity index (χ2v) is 4.76. The zero-order valence-corrected chi connectivity index (χ0v) is 10.8. The lowest BCUT2D eigenvalue weighted by Crippen LogP contribution is -2.18. The first-order valence-corrected chi connectivity index (χ1v) is 6.23. The van der Waals surface area contributed by atoms with Gasteiger partial charge in [-0.05, 0) is 48.6 Å². The Labute approximate surface area is 107 Å².